The summed E-state index contributed by atoms with van der Waals surface area (Å²) < 4.78 is 256. The molecule has 12 N–H and O–H groups in total. The first-order valence-corrected chi connectivity index (χ1v) is 40.8. The molecule has 4 saturated carbocycles. The van der Waals surface area contributed by atoms with Gasteiger partial charge in [0.05, 0.1) is 37.6 Å². The molecular weight excluding hydrogens is 1730 g/mol. The van der Waals surface area contributed by atoms with Gasteiger partial charge in [0.2, 0.25) is 5.92 Å². The lowest BCUT2D eigenvalue weighted by molar-refractivity contribution is -0.313. The van der Waals surface area contributed by atoms with Crippen molar-refractivity contribution in [2.75, 3.05) is 21.3 Å². The molecule has 4 spiro atoms. The van der Waals surface area contributed by atoms with Crippen LogP contribution in [0.3, 0.4) is 0 Å². The van der Waals surface area contributed by atoms with Gasteiger partial charge in [-0.1, -0.05) is 30.7 Å². The maximum absolute atomic E-state index is 16.1. The molecule has 0 saturated heterocycles. The van der Waals surface area contributed by atoms with E-state index < -0.39 is 178 Å². The molecule has 16 rings (SSSR count). The van der Waals surface area contributed by atoms with Crippen molar-refractivity contribution < 1.29 is 108 Å². The van der Waals surface area contributed by atoms with Crippen molar-refractivity contribution in [1.29, 1.82) is 0 Å². The second-order valence-corrected chi connectivity index (χ2v) is 34.0. The average Bonchev–Trinajstić information content (AvgIpc) is 1.70. The monoisotopic (exact) mass is 1810 g/mol. The predicted octanol–water partition coefficient (Wildman–Crippen LogP) is 18.0. The molecule has 24 nitrogen and oxygen atoms in total. The average molecular weight is 1820 g/mol. The number of benzene rings is 4. The Morgan fingerprint density at radius 2 is 0.527 bits per heavy atom. The molecule has 0 bridgehead atoms. The number of amides is 4. The van der Waals surface area contributed by atoms with Crippen molar-refractivity contribution in [3.63, 3.8) is 0 Å². The van der Waals surface area contributed by atoms with Crippen LogP contribution in [0.15, 0.2) is 166 Å². The quantitative estimate of drug-likeness (QED) is 0.0527. The Bertz CT molecular complexity index is 5770. The smallest absolute Gasteiger partial charge is 0.315 e. The van der Waals surface area contributed by atoms with E-state index >= 15 is 35.1 Å². The highest BCUT2D eigenvalue weighted by molar-refractivity contribution is 6.05. The Morgan fingerprint density at radius 3 is 0.760 bits per heavy atom. The van der Waals surface area contributed by atoms with Crippen LogP contribution in [0.4, 0.5) is 93.0 Å². The summed E-state index contributed by atoms with van der Waals surface area (Å²) in [7, 11) is 0. The standard InChI is InChI=1S/C23H23F5N4O2.C23H25F3N4O2.C22H23F3N4O2.C21H19F5N4O2/c1-13-3-5-15(31-18(33)17-6-4-14(24)12-30-17)11-16(13)20(2)23(27,28)21(34-19(29)32-20)7-9-22(25,26)10-8-21;1-14-6-8-16(29-19(31)18-9-7-15(24)13-28-18)12-17(14)21(2)23(25,26)22(32-20(27)30-21)10-4-3-5-11-22;1-13-5-7-15(28-18(30)17-8-6-14(23)12-27-17)11-16(13)20(2)22(24,25)21(9-3-4-10-21)31-19(26)29-20;1-11-3-5-13(29-16(31)15-6-4-12(22)8-28-15)7-14(11)18(2)21(25,26)19(32-17(27)30-18)9-20(23,24)10-19/h3-6,11-12H,7-10H2,1-2H3,(H2,29,32)(H,31,33);6-9,12-13H,3-5,10-11H2,1-2H3,(H2,27,30)(H,29,31);5-8,11-12H,3-4,9-10H2,1-2H3,(H2,26,29)(H,28,30);3-8H,9-10H2,1-2H3,(H2,27,30)(H,29,31). The number of nitrogens with two attached hydrogens (primary N) is 4. The van der Waals surface area contributed by atoms with Crippen LogP contribution in [0, 0.1) is 51.0 Å². The molecule has 4 aliphatic carbocycles. The summed E-state index contributed by atoms with van der Waals surface area (Å²) in [5.41, 5.74) is 9.73. The second-order valence-electron chi connectivity index (χ2n) is 34.0. The fraction of sp³-hybridized carbons (Fsp3) is 0.416. The van der Waals surface area contributed by atoms with Gasteiger partial charge in [-0.2, -0.15) is 35.1 Å². The first-order chi connectivity index (χ1) is 60.2. The molecule has 0 radical (unpaired) electrons. The van der Waals surface area contributed by atoms with E-state index in [4.69, 9.17) is 41.9 Å². The molecule has 4 unspecified atom stereocenters. The molecule has 40 heteroatoms. The topological polar surface area (TPSA) is 358 Å². The van der Waals surface area contributed by atoms with Crippen LogP contribution in [-0.2, 0) is 41.1 Å². The first kappa shape index (κ1) is 93.9. The summed E-state index contributed by atoms with van der Waals surface area (Å²) in [5.74, 6) is -25.5. The third-order valence-electron chi connectivity index (χ3n) is 25.1. The number of aromatic nitrogens is 4. The second kappa shape index (κ2) is 34.1. The Balaban J connectivity index is 0.000000147. The zero-order chi connectivity index (χ0) is 94.1. The molecule has 8 heterocycles. The van der Waals surface area contributed by atoms with Crippen molar-refractivity contribution in [2.45, 2.75) is 232 Å². The summed E-state index contributed by atoms with van der Waals surface area (Å²) in [5, 5.41) is 10.3. The number of pyridine rings is 4. The minimum absolute atomic E-state index is 0.000410. The van der Waals surface area contributed by atoms with Crippen LogP contribution in [0.2, 0.25) is 0 Å². The first-order valence-electron chi connectivity index (χ1n) is 40.8. The third-order valence-corrected chi connectivity index (χ3v) is 25.1. The van der Waals surface area contributed by atoms with E-state index in [-0.39, 0.29) is 106 Å². The van der Waals surface area contributed by atoms with E-state index in [0.717, 1.165) is 62.4 Å². The highest BCUT2D eigenvalue weighted by atomic mass is 19.3. The Hall–Kier alpha value is -12.7. The minimum atomic E-state index is -3.84. The molecule has 129 heavy (non-hydrogen) atoms. The predicted molar refractivity (Wildman–Crippen MR) is 443 cm³/mol. The van der Waals surface area contributed by atoms with Crippen molar-refractivity contribution in [3.05, 3.63) is 237 Å². The zero-order valence-corrected chi connectivity index (χ0v) is 70.7. The summed E-state index contributed by atoms with van der Waals surface area (Å²) >= 11 is 0. The number of anilines is 4. The number of carbonyl (C=O) groups is 4. The van der Waals surface area contributed by atoms with Crippen molar-refractivity contribution >= 4 is 70.5 Å². The van der Waals surface area contributed by atoms with E-state index in [1.807, 2.05) is 0 Å². The number of ether oxygens (including phenoxy) is 4. The minimum Gasteiger partial charge on any atom is -0.452 e. The van der Waals surface area contributed by atoms with Gasteiger partial charge in [0, 0.05) is 35.6 Å². The number of nitrogens with one attached hydrogen (secondary N) is 4. The molecule has 4 amide bonds. The summed E-state index contributed by atoms with van der Waals surface area (Å²) in [6.07, 6.45) is 2.65. The lowest BCUT2D eigenvalue weighted by Crippen LogP contribution is -2.72. The van der Waals surface area contributed by atoms with Gasteiger partial charge in [-0.25, -0.2) is 75.0 Å². The maximum Gasteiger partial charge on any atom is 0.315 e. The third kappa shape index (κ3) is 17.3. The van der Waals surface area contributed by atoms with Gasteiger partial charge in [0.25, 0.3) is 53.6 Å². The number of alkyl halides is 12. The largest absolute Gasteiger partial charge is 0.452 e. The SMILES string of the molecule is Cc1ccc(NC(=O)c2ccc(F)cn2)cc1C1(C)N=C(N)OC2(CC(F)(F)C2)C1(F)F.Cc1ccc(NC(=O)c2ccc(F)cn2)cc1C1(C)N=C(N)OC2(CCC(F)(F)CC2)C1(F)F.Cc1ccc(NC(=O)c2ccc(F)cn2)cc1C1(C)N=C(N)OC2(CCCC2)C1(F)F.Cc1ccc(NC(=O)c2ccc(F)cn2)cc1C1(C)N=C(N)OC2(CCCCC2)C1(F)F. The van der Waals surface area contributed by atoms with Crippen LogP contribution in [0.5, 0.6) is 0 Å². The Morgan fingerprint density at radius 1 is 0.302 bits per heavy atom. The van der Waals surface area contributed by atoms with E-state index in [9.17, 15) is 54.3 Å². The number of hydrogen-bond acceptors (Lipinski definition) is 20. The molecule has 4 aromatic carbocycles. The van der Waals surface area contributed by atoms with Crippen molar-refractivity contribution in [1.82, 2.24) is 19.9 Å². The summed E-state index contributed by atoms with van der Waals surface area (Å²) in [6, 6.07) is 25.5. The van der Waals surface area contributed by atoms with E-state index in [2.05, 4.69) is 61.2 Å². The van der Waals surface area contributed by atoms with Gasteiger partial charge >= 0.3 is 23.7 Å². The lowest BCUT2D eigenvalue weighted by atomic mass is 9.64. The molecule has 4 atom stereocenters. The zero-order valence-electron chi connectivity index (χ0n) is 70.7. The van der Waals surface area contributed by atoms with Crippen LogP contribution in [-0.4, -0.2) is 126 Å². The number of carbonyl (C=O) groups excluding carboxylic acids is 4. The number of nitrogens with zero attached hydrogens (tertiary/aromatic N) is 8. The Labute approximate surface area is 728 Å². The van der Waals surface area contributed by atoms with Gasteiger partial charge < -0.3 is 63.1 Å². The molecule has 8 aromatic rings. The van der Waals surface area contributed by atoms with Gasteiger partial charge in [0.1, 0.15) is 46.0 Å². The van der Waals surface area contributed by atoms with Crippen LogP contribution in [0.25, 0.3) is 0 Å². The number of amidine groups is 4. The lowest BCUT2D eigenvalue weighted by Gasteiger charge is -2.56. The van der Waals surface area contributed by atoms with E-state index in [1.165, 1.54) is 93.6 Å². The normalized spacial score (nSPS) is 24.3. The number of aryl methyl sites for hydroxylation is 4. The molecule has 4 aliphatic heterocycles. The molecule has 4 fully saturated rings. The highest BCUT2D eigenvalue weighted by Gasteiger charge is 2.79. The molecule has 8 aliphatic rings. The van der Waals surface area contributed by atoms with E-state index in [1.54, 1.807) is 52.0 Å². The molecule has 686 valence electrons. The number of aliphatic imine (C=N–C) groups is 4. The van der Waals surface area contributed by atoms with E-state index in [0.29, 0.717) is 47.9 Å². The van der Waals surface area contributed by atoms with Gasteiger partial charge in [0.15, 0.2) is 44.6 Å². The fourth-order valence-electron chi connectivity index (χ4n) is 18.1. The van der Waals surface area contributed by atoms with Gasteiger partial charge in [-0.15, -0.1) is 0 Å². The maximum atomic E-state index is 16.1. The summed E-state index contributed by atoms with van der Waals surface area (Å²) in [4.78, 5) is 80.6. The number of rotatable bonds is 12. The number of halogens is 16. The van der Waals surface area contributed by atoms with Crippen LogP contribution in [0.1, 0.15) is 210 Å². The van der Waals surface area contributed by atoms with Crippen molar-refractivity contribution in [2.24, 2.45) is 42.9 Å². The summed E-state index contributed by atoms with van der Waals surface area (Å²) in [6.45, 7) is 11.5. The fourth-order valence-corrected chi connectivity index (χ4v) is 18.1. The molecule has 4 aromatic heterocycles. The van der Waals surface area contributed by atoms with Crippen LogP contribution < -0.4 is 44.2 Å². The Kier molecular flexibility index (Phi) is 24.8. The van der Waals surface area contributed by atoms with Crippen LogP contribution >= 0.6 is 0 Å². The molecular formula is C89H90F16N16O8. The van der Waals surface area contributed by atoms with Gasteiger partial charge in [-0.05, 0) is 261 Å². The number of hydrogen-bond donors (Lipinski definition) is 8. The van der Waals surface area contributed by atoms with Gasteiger partial charge in [-0.3, -0.25) is 19.2 Å². The van der Waals surface area contributed by atoms with Crippen molar-refractivity contribution in [3.8, 4) is 0 Å². The highest BCUT2D eigenvalue weighted by Crippen LogP contribution is 2.65.